The van der Waals surface area contributed by atoms with Crippen LogP contribution in [0.15, 0.2) is 17.5 Å². The van der Waals surface area contributed by atoms with E-state index in [0.717, 1.165) is 11.3 Å². The quantitative estimate of drug-likeness (QED) is 0.642. The SMILES string of the molecule is C#CN.CC1CC(SCc2cccs2)CN1. The summed E-state index contributed by atoms with van der Waals surface area (Å²) in [5.74, 6) is 1.19. The molecule has 0 aromatic carbocycles. The van der Waals surface area contributed by atoms with Gasteiger partial charge in [-0.2, -0.15) is 11.8 Å². The summed E-state index contributed by atoms with van der Waals surface area (Å²) in [4.78, 5) is 1.50. The Balaban J connectivity index is 0.000000386. The average molecular weight is 254 g/mol. The highest BCUT2D eigenvalue weighted by atomic mass is 32.2. The fraction of sp³-hybridized carbons (Fsp3) is 0.500. The van der Waals surface area contributed by atoms with Crippen molar-refractivity contribution in [3.8, 4) is 12.5 Å². The first-order valence-corrected chi connectivity index (χ1v) is 7.22. The fourth-order valence-electron chi connectivity index (χ4n) is 1.62. The Morgan fingerprint density at radius 1 is 1.75 bits per heavy atom. The van der Waals surface area contributed by atoms with Crippen LogP contribution in [0.4, 0.5) is 0 Å². The third-order valence-corrected chi connectivity index (χ3v) is 4.72. The molecule has 0 spiro atoms. The maximum absolute atomic E-state index is 4.38. The van der Waals surface area contributed by atoms with Gasteiger partial charge in [0.2, 0.25) is 0 Å². The topological polar surface area (TPSA) is 38.0 Å². The maximum Gasteiger partial charge on any atom is 0.0282 e. The number of hydrogen-bond donors (Lipinski definition) is 2. The van der Waals surface area contributed by atoms with Crippen molar-refractivity contribution in [2.24, 2.45) is 5.73 Å². The van der Waals surface area contributed by atoms with Crippen LogP contribution in [-0.2, 0) is 5.75 Å². The fourth-order valence-corrected chi connectivity index (χ4v) is 3.72. The van der Waals surface area contributed by atoms with E-state index in [0.29, 0.717) is 0 Å². The summed E-state index contributed by atoms with van der Waals surface area (Å²) in [6, 6.07) is 6.83. The maximum atomic E-state index is 4.38. The van der Waals surface area contributed by atoms with Gasteiger partial charge in [0.05, 0.1) is 0 Å². The van der Waals surface area contributed by atoms with Gasteiger partial charge >= 0.3 is 0 Å². The lowest BCUT2D eigenvalue weighted by molar-refractivity contribution is 0.665. The molecule has 1 aromatic rings. The molecule has 1 aliphatic heterocycles. The Kier molecular flexibility index (Phi) is 6.39. The molecule has 1 fully saturated rings. The predicted molar refractivity (Wildman–Crippen MR) is 74.5 cm³/mol. The van der Waals surface area contributed by atoms with Crippen LogP contribution in [0.5, 0.6) is 0 Å². The van der Waals surface area contributed by atoms with E-state index >= 15 is 0 Å². The number of nitrogens with one attached hydrogen (secondary N) is 1. The van der Waals surface area contributed by atoms with Crippen molar-refractivity contribution >= 4 is 23.1 Å². The van der Waals surface area contributed by atoms with Crippen molar-refractivity contribution in [3.05, 3.63) is 22.4 Å². The summed E-state index contributed by atoms with van der Waals surface area (Å²) in [7, 11) is 0. The first-order valence-electron chi connectivity index (χ1n) is 5.29. The van der Waals surface area contributed by atoms with E-state index < -0.39 is 0 Å². The van der Waals surface area contributed by atoms with Gasteiger partial charge in [0.1, 0.15) is 0 Å². The third kappa shape index (κ3) is 4.93. The lowest BCUT2D eigenvalue weighted by atomic mass is 10.2. The molecule has 2 atom stereocenters. The molecule has 1 saturated heterocycles. The largest absolute Gasteiger partial charge is 0.360 e. The van der Waals surface area contributed by atoms with Crippen LogP contribution in [0.3, 0.4) is 0 Å². The molecule has 1 aliphatic rings. The van der Waals surface area contributed by atoms with Crippen molar-refractivity contribution < 1.29 is 0 Å². The molecule has 0 amide bonds. The highest BCUT2D eigenvalue weighted by Crippen LogP contribution is 2.26. The van der Waals surface area contributed by atoms with Gasteiger partial charge in [-0.25, -0.2) is 0 Å². The van der Waals surface area contributed by atoms with Crippen LogP contribution in [0.2, 0.25) is 0 Å². The molecule has 0 radical (unpaired) electrons. The highest BCUT2D eigenvalue weighted by molar-refractivity contribution is 7.99. The summed E-state index contributed by atoms with van der Waals surface area (Å²) < 4.78 is 0. The molecule has 16 heavy (non-hydrogen) atoms. The van der Waals surface area contributed by atoms with Gasteiger partial charge < -0.3 is 11.1 Å². The van der Waals surface area contributed by atoms with Crippen LogP contribution in [0.25, 0.3) is 0 Å². The zero-order chi connectivity index (χ0) is 11.8. The zero-order valence-electron chi connectivity index (χ0n) is 9.48. The number of nitrogens with two attached hydrogens (primary N) is 1. The molecule has 0 aliphatic carbocycles. The second kappa shape index (κ2) is 7.61. The molecule has 2 nitrogen and oxygen atoms in total. The van der Waals surface area contributed by atoms with E-state index in [9.17, 15) is 0 Å². The first-order chi connectivity index (χ1) is 7.76. The van der Waals surface area contributed by atoms with Gasteiger partial charge in [-0.3, -0.25) is 0 Å². The van der Waals surface area contributed by atoms with Crippen molar-refractivity contribution in [2.75, 3.05) is 6.54 Å². The Hall–Kier alpha value is -0.630. The number of thiophene rings is 1. The molecule has 88 valence electrons. The van der Waals surface area contributed by atoms with Gasteiger partial charge in [0.15, 0.2) is 0 Å². The van der Waals surface area contributed by atoms with Gasteiger partial charge in [-0.15, -0.1) is 11.3 Å². The second-order valence-electron chi connectivity index (χ2n) is 3.72. The summed E-state index contributed by atoms with van der Waals surface area (Å²) in [5.41, 5.74) is 4.38. The Bertz CT molecular complexity index is 316. The van der Waals surface area contributed by atoms with E-state index in [2.05, 4.69) is 53.7 Å². The van der Waals surface area contributed by atoms with E-state index in [1.165, 1.54) is 23.6 Å². The zero-order valence-corrected chi connectivity index (χ0v) is 11.1. The molecule has 1 aromatic heterocycles. The number of terminal acetylenes is 1. The molecular weight excluding hydrogens is 236 g/mol. The lowest BCUT2D eigenvalue weighted by Gasteiger charge is -2.06. The molecule has 4 heteroatoms. The van der Waals surface area contributed by atoms with Crippen molar-refractivity contribution in [1.29, 1.82) is 0 Å². The van der Waals surface area contributed by atoms with Gasteiger partial charge in [0.25, 0.3) is 0 Å². The molecular formula is C12H18N2S2. The number of hydrogen-bond acceptors (Lipinski definition) is 4. The monoisotopic (exact) mass is 254 g/mol. The number of rotatable bonds is 3. The summed E-state index contributed by atoms with van der Waals surface area (Å²) in [6.45, 7) is 3.46. The molecule has 2 heterocycles. The van der Waals surface area contributed by atoms with Gasteiger partial charge in [-0.1, -0.05) is 12.5 Å². The molecule has 3 N–H and O–H groups in total. The normalized spacial score (nSPS) is 23.2. The van der Waals surface area contributed by atoms with Crippen LogP contribution < -0.4 is 11.1 Å². The minimum Gasteiger partial charge on any atom is -0.360 e. The molecule has 2 rings (SSSR count). The summed E-state index contributed by atoms with van der Waals surface area (Å²) >= 11 is 3.96. The Morgan fingerprint density at radius 2 is 2.50 bits per heavy atom. The van der Waals surface area contributed by atoms with Gasteiger partial charge in [-0.05, 0) is 30.8 Å². The summed E-state index contributed by atoms with van der Waals surface area (Å²) in [5, 5.41) is 6.47. The van der Waals surface area contributed by atoms with Crippen molar-refractivity contribution in [2.45, 2.75) is 30.4 Å². The van der Waals surface area contributed by atoms with E-state index in [-0.39, 0.29) is 0 Å². The Morgan fingerprint density at radius 3 is 3.00 bits per heavy atom. The smallest absolute Gasteiger partial charge is 0.0282 e. The van der Waals surface area contributed by atoms with E-state index in [1.807, 2.05) is 11.3 Å². The minimum atomic E-state index is 0.723. The molecule has 2 unspecified atom stereocenters. The van der Waals surface area contributed by atoms with Crippen molar-refractivity contribution in [3.63, 3.8) is 0 Å². The molecule has 0 saturated carbocycles. The highest BCUT2D eigenvalue weighted by Gasteiger charge is 2.20. The van der Waals surface area contributed by atoms with Crippen LogP contribution in [0.1, 0.15) is 18.2 Å². The van der Waals surface area contributed by atoms with E-state index in [4.69, 9.17) is 0 Å². The van der Waals surface area contributed by atoms with Crippen LogP contribution in [-0.4, -0.2) is 17.8 Å². The second-order valence-corrected chi connectivity index (χ2v) is 6.04. The Labute approximate surface area is 106 Å². The van der Waals surface area contributed by atoms with Crippen molar-refractivity contribution in [1.82, 2.24) is 5.32 Å². The van der Waals surface area contributed by atoms with Crippen LogP contribution in [0, 0.1) is 12.5 Å². The predicted octanol–water partition coefficient (Wildman–Crippen LogP) is 2.27. The van der Waals surface area contributed by atoms with Gasteiger partial charge in [0, 0.05) is 28.5 Å². The third-order valence-electron chi connectivity index (χ3n) is 2.35. The van der Waals surface area contributed by atoms with E-state index in [1.54, 1.807) is 6.04 Å². The summed E-state index contributed by atoms with van der Waals surface area (Å²) in [6.07, 6.45) is 5.70. The minimum absolute atomic E-state index is 0.723. The average Bonchev–Trinajstić information content (AvgIpc) is 2.87. The van der Waals surface area contributed by atoms with Crippen LogP contribution >= 0.6 is 23.1 Å². The number of thioether (sulfide) groups is 1. The molecule has 0 bridgehead atoms. The standard InChI is InChI=1S/C10H15NS2.C2H3N/c1-8-5-10(6-11-8)13-7-9-3-2-4-12-9;1-2-3/h2-4,8,10-11H,5-7H2,1H3;1H,3H2. The lowest BCUT2D eigenvalue weighted by Crippen LogP contribution is -2.17. The first kappa shape index (κ1) is 13.4.